The number of guanidine groups is 1. The smallest absolute Gasteiger partial charge is 0.191 e. The van der Waals surface area contributed by atoms with E-state index in [1.807, 2.05) is 6.07 Å². The quantitative estimate of drug-likeness (QED) is 0.458. The molecule has 1 unspecified atom stereocenters. The predicted molar refractivity (Wildman–Crippen MR) is 89.1 cm³/mol. The van der Waals surface area contributed by atoms with Gasteiger partial charge in [0.1, 0.15) is 5.82 Å². The normalized spacial score (nSPS) is 18.2. The molecule has 0 radical (unpaired) electrons. The Morgan fingerprint density at radius 3 is 3.00 bits per heavy atom. The maximum Gasteiger partial charge on any atom is 0.191 e. The maximum atomic E-state index is 13.5. The summed E-state index contributed by atoms with van der Waals surface area (Å²) in [6.45, 7) is 5.29. The molecule has 128 valence electrons. The first-order chi connectivity index (χ1) is 11.2. The zero-order chi connectivity index (χ0) is 16.5. The van der Waals surface area contributed by atoms with Crippen LogP contribution in [-0.4, -0.2) is 45.5 Å². The largest absolute Gasteiger partial charge is 0.379 e. The fraction of sp³-hybridized carbons (Fsp3) is 0.588. The second-order valence-electron chi connectivity index (χ2n) is 5.65. The third-order valence-corrected chi connectivity index (χ3v) is 3.77. The van der Waals surface area contributed by atoms with Gasteiger partial charge in [0.15, 0.2) is 5.96 Å². The molecule has 1 aliphatic rings. The highest BCUT2D eigenvalue weighted by Gasteiger charge is 2.15. The summed E-state index contributed by atoms with van der Waals surface area (Å²) in [5.41, 5.74) is 1.55. The summed E-state index contributed by atoms with van der Waals surface area (Å²) in [5.74, 6) is 0.524. The van der Waals surface area contributed by atoms with Crippen LogP contribution >= 0.6 is 0 Å². The van der Waals surface area contributed by atoms with E-state index in [0.717, 1.165) is 31.6 Å². The number of halogens is 1. The summed E-state index contributed by atoms with van der Waals surface area (Å²) in [7, 11) is 1.72. The van der Waals surface area contributed by atoms with E-state index in [2.05, 4.69) is 15.6 Å². The molecule has 6 heteroatoms. The summed E-state index contributed by atoms with van der Waals surface area (Å²) in [6.07, 6.45) is 2.14. The minimum absolute atomic E-state index is 0.180. The van der Waals surface area contributed by atoms with Crippen molar-refractivity contribution in [2.75, 3.05) is 33.4 Å². The number of rotatable bonds is 7. The molecule has 5 nitrogen and oxygen atoms in total. The fourth-order valence-corrected chi connectivity index (χ4v) is 2.33. The van der Waals surface area contributed by atoms with Gasteiger partial charge in [0, 0.05) is 33.4 Å². The van der Waals surface area contributed by atoms with Gasteiger partial charge in [-0.1, -0.05) is 12.1 Å². The van der Waals surface area contributed by atoms with E-state index < -0.39 is 0 Å². The van der Waals surface area contributed by atoms with Crippen molar-refractivity contribution in [2.24, 2.45) is 4.99 Å². The molecule has 0 aromatic heterocycles. The third kappa shape index (κ3) is 6.15. The van der Waals surface area contributed by atoms with Gasteiger partial charge in [0.05, 0.1) is 12.7 Å². The minimum Gasteiger partial charge on any atom is -0.379 e. The monoisotopic (exact) mass is 323 g/mol. The fourth-order valence-electron chi connectivity index (χ4n) is 2.33. The molecule has 0 amide bonds. The van der Waals surface area contributed by atoms with Crippen LogP contribution in [0.1, 0.15) is 24.0 Å². The Balaban J connectivity index is 1.61. The van der Waals surface area contributed by atoms with Gasteiger partial charge in [-0.2, -0.15) is 0 Å². The van der Waals surface area contributed by atoms with Crippen LogP contribution < -0.4 is 10.6 Å². The molecule has 1 atom stereocenters. The third-order valence-electron chi connectivity index (χ3n) is 3.77. The summed E-state index contributed by atoms with van der Waals surface area (Å²) < 4.78 is 24.5. The molecule has 0 saturated carbocycles. The highest BCUT2D eigenvalue weighted by Crippen LogP contribution is 2.09. The SMILES string of the molecule is CN=C(NCCCOC1CCOC1)NCc1ccc(C)c(F)c1. The molecule has 23 heavy (non-hydrogen) atoms. The molecule has 1 aliphatic heterocycles. The van der Waals surface area contributed by atoms with Crippen LogP contribution in [0.3, 0.4) is 0 Å². The van der Waals surface area contributed by atoms with Gasteiger partial charge in [-0.05, 0) is 37.0 Å². The summed E-state index contributed by atoms with van der Waals surface area (Å²) in [5, 5.41) is 6.40. The van der Waals surface area contributed by atoms with Crippen molar-refractivity contribution in [1.82, 2.24) is 10.6 Å². The van der Waals surface area contributed by atoms with E-state index in [4.69, 9.17) is 9.47 Å². The van der Waals surface area contributed by atoms with Gasteiger partial charge in [0.2, 0.25) is 0 Å². The first-order valence-electron chi connectivity index (χ1n) is 8.08. The Morgan fingerprint density at radius 2 is 2.30 bits per heavy atom. The number of aliphatic imine (C=N–C) groups is 1. The zero-order valence-electron chi connectivity index (χ0n) is 13.9. The molecular weight excluding hydrogens is 297 g/mol. The predicted octanol–water partition coefficient (Wildman–Crippen LogP) is 1.99. The molecule has 0 bridgehead atoms. The van der Waals surface area contributed by atoms with Crippen molar-refractivity contribution in [1.29, 1.82) is 0 Å². The highest BCUT2D eigenvalue weighted by molar-refractivity contribution is 5.79. The topological polar surface area (TPSA) is 54.9 Å². The van der Waals surface area contributed by atoms with E-state index in [1.54, 1.807) is 26.1 Å². The molecule has 1 fully saturated rings. The van der Waals surface area contributed by atoms with Gasteiger partial charge in [-0.3, -0.25) is 4.99 Å². The van der Waals surface area contributed by atoms with Crippen molar-refractivity contribution in [2.45, 2.75) is 32.4 Å². The average Bonchev–Trinajstić information content (AvgIpc) is 3.06. The summed E-state index contributed by atoms with van der Waals surface area (Å²) >= 11 is 0. The van der Waals surface area contributed by atoms with Gasteiger partial charge in [0.25, 0.3) is 0 Å². The minimum atomic E-state index is -0.180. The summed E-state index contributed by atoms with van der Waals surface area (Å²) in [4.78, 5) is 4.16. The van der Waals surface area contributed by atoms with Crippen LogP contribution in [0.4, 0.5) is 4.39 Å². The molecule has 1 heterocycles. The van der Waals surface area contributed by atoms with Crippen molar-refractivity contribution < 1.29 is 13.9 Å². The second-order valence-corrected chi connectivity index (χ2v) is 5.65. The number of hydrogen-bond donors (Lipinski definition) is 2. The van der Waals surface area contributed by atoms with E-state index in [-0.39, 0.29) is 11.9 Å². The van der Waals surface area contributed by atoms with Crippen molar-refractivity contribution in [3.8, 4) is 0 Å². The van der Waals surface area contributed by atoms with E-state index in [9.17, 15) is 4.39 Å². The Morgan fingerprint density at radius 1 is 1.43 bits per heavy atom. The standard InChI is InChI=1S/C17H26FN3O2/c1-13-4-5-14(10-16(13)18)11-21-17(19-2)20-7-3-8-23-15-6-9-22-12-15/h4-5,10,15H,3,6-9,11-12H2,1-2H3,(H2,19,20,21). The lowest BCUT2D eigenvalue weighted by molar-refractivity contribution is 0.0420. The van der Waals surface area contributed by atoms with Crippen molar-refractivity contribution >= 4 is 5.96 Å². The molecule has 0 spiro atoms. The van der Waals surface area contributed by atoms with E-state index >= 15 is 0 Å². The van der Waals surface area contributed by atoms with Crippen molar-refractivity contribution in [3.05, 3.63) is 35.1 Å². The first-order valence-corrected chi connectivity index (χ1v) is 8.08. The van der Waals surface area contributed by atoms with Crippen molar-refractivity contribution in [3.63, 3.8) is 0 Å². The lowest BCUT2D eigenvalue weighted by atomic mass is 10.1. The first kappa shape index (κ1) is 17.7. The number of hydrogen-bond acceptors (Lipinski definition) is 3. The highest BCUT2D eigenvalue weighted by atomic mass is 19.1. The molecule has 2 N–H and O–H groups in total. The molecule has 2 rings (SSSR count). The molecule has 1 aromatic rings. The second kappa shape index (κ2) is 9.47. The van der Waals surface area contributed by atoms with Crippen LogP contribution in [0.25, 0.3) is 0 Å². The Kier molecular flexibility index (Phi) is 7.29. The van der Waals surface area contributed by atoms with Crippen LogP contribution in [-0.2, 0) is 16.0 Å². The summed E-state index contributed by atoms with van der Waals surface area (Å²) in [6, 6.07) is 5.25. The number of nitrogens with one attached hydrogen (secondary N) is 2. The van der Waals surface area contributed by atoms with E-state index in [1.165, 1.54) is 0 Å². The number of aryl methyl sites for hydroxylation is 1. The number of benzene rings is 1. The Hall–Kier alpha value is -1.66. The number of ether oxygens (including phenoxy) is 2. The van der Waals surface area contributed by atoms with Gasteiger partial charge >= 0.3 is 0 Å². The molecule has 1 saturated heterocycles. The van der Waals surface area contributed by atoms with Gasteiger partial charge in [-0.25, -0.2) is 4.39 Å². The zero-order valence-corrected chi connectivity index (χ0v) is 13.9. The maximum absolute atomic E-state index is 13.5. The lowest BCUT2D eigenvalue weighted by Gasteiger charge is -2.13. The van der Waals surface area contributed by atoms with E-state index in [0.29, 0.717) is 31.3 Å². The van der Waals surface area contributed by atoms with Crippen LogP contribution in [0.15, 0.2) is 23.2 Å². The van der Waals surface area contributed by atoms with Crippen LogP contribution in [0.2, 0.25) is 0 Å². The van der Waals surface area contributed by atoms with Gasteiger partial charge in [-0.15, -0.1) is 0 Å². The lowest BCUT2D eigenvalue weighted by Crippen LogP contribution is -2.37. The van der Waals surface area contributed by atoms with Gasteiger partial charge < -0.3 is 20.1 Å². The molecular formula is C17H26FN3O2. The van der Waals surface area contributed by atoms with Crippen LogP contribution in [0, 0.1) is 12.7 Å². The molecule has 1 aromatic carbocycles. The Labute approximate surface area is 137 Å². The number of nitrogens with zero attached hydrogens (tertiary/aromatic N) is 1. The average molecular weight is 323 g/mol. The Bertz CT molecular complexity index is 517. The van der Waals surface area contributed by atoms with Crippen LogP contribution in [0.5, 0.6) is 0 Å². The molecule has 0 aliphatic carbocycles.